The van der Waals surface area contributed by atoms with Crippen LogP contribution in [0.15, 0.2) is 34.3 Å². The molecule has 3 heterocycles. The summed E-state index contributed by atoms with van der Waals surface area (Å²) in [6.45, 7) is 0. The highest BCUT2D eigenvalue weighted by molar-refractivity contribution is 9.10. The second-order valence-electron chi connectivity index (χ2n) is 3.99. The van der Waals surface area contributed by atoms with Crippen molar-refractivity contribution >= 4 is 37.4 Å². The zero-order chi connectivity index (χ0) is 12.8. The Balaban J connectivity index is 1.86. The van der Waals surface area contributed by atoms with Crippen LogP contribution in [0.1, 0.15) is 0 Å². The average Bonchev–Trinajstić information content (AvgIpc) is 2.81. The number of anilines is 1. The van der Waals surface area contributed by atoms with Gasteiger partial charge in [0.2, 0.25) is 5.95 Å². The molecule has 0 amide bonds. The first kappa shape index (κ1) is 11.7. The summed E-state index contributed by atoms with van der Waals surface area (Å²) in [6, 6.07) is 3.42. The van der Waals surface area contributed by atoms with Gasteiger partial charge in [0.15, 0.2) is 15.5 Å². The van der Waals surface area contributed by atoms with Crippen molar-refractivity contribution < 1.29 is 8.42 Å². The van der Waals surface area contributed by atoms with Crippen LogP contribution in [0.2, 0.25) is 0 Å². The summed E-state index contributed by atoms with van der Waals surface area (Å²) in [5.74, 6) is 0.464. The number of aromatic nitrogens is 3. The molecule has 8 heteroatoms. The van der Waals surface area contributed by atoms with E-state index in [-0.39, 0.29) is 11.8 Å². The van der Waals surface area contributed by atoms with Crippen molar-refractivity contribution in [2.75, 3.05) is 11.1 Å². The van der Waals surface area contributed by atoms with Crippen molar-refractivity contribution in [2.24, 2.45) is 0 Å². The van der Waals surface area contributed by atoms with Crippen LogP contribution in [0.3, 0.4) is 0 Å². The van der Waals surface area contributed by atoms with Gasteiger partial charge in [-0.05, 0) is 34.1 Å². The van der Waals surface area contributed by atoms with Crippen LogP contribution >= 0.6 is 15.9 Å². The van der Waals surface area contributed by atoms with E-state index in [4.69, 9.17) is 0 Å². The van der Waals surface area contributed by atoms with Gasteiger partial charge < -0.3 is 5.32 Å². The van der Waals surface area contributed by atoms with E-state index in [1.54, 1.807) is 16.8 Å². The third-order valence-electron chi connectivity index (χ3n) is 2.54. The van der Waals surface area contributed by atoms with Crippen LogP contribution in [-0.2, 0) is 9.84 Å². The maximum atomic E-state index is 11.3. The quantitative estimate of drug-likeness (QED) is 0.896. The molecule has 2 aromatic heterocycles. The summed E-state index contributed by atoms with van der Waals surface area (Å²) < 4.78 is 25.1. The van der Waals surface area contributed by atoms with Gasteiger partial charge in [0, 0.05) is 16.1 Å². The van der Waals surface area contributed by atoms with Crippen LogP contribution < -0.4 is 5.32 Å². The summed E-state index contributed by atoms with van der Waals surface area (Å²) in [4.78, 5) is 4.26. The SMILES string of the molecule is O=S1(=O)C=CC(Nc2nc3ccc(Br)cn3n2)C1. The first-order valence-corrected chi connectivity index (χ1v) is 7.72. The molecule has 6 nitrogen and oxygen atoms in total. The Hall–Kier alpha value is -1.41. The molecule has 0 saturated heterocycles. The molecule has 1 unspecified atom stereocenters. The minimum absolute atomic E-state index is 0.0479. The van der Waals surface area contributed by atoms with Crippen LogP contribution in [0.4, 0.5) is 5.95 Å². The number of pyridine rings is 1. The minimum atomic E-state index is -3.07. The third-order valence-corrected chi connectivity index (χ3v) is 4.40. The summed E-state index contributed by atoms with van der Waals surface area (Å²) in [7, 11) is -3.07. The molecule has 3 rings (SSSR count). The van der Waals surface area contributed by atoms with Crippen LogP contribution in [0, 0.1) is 0 Å². The van der Waals surface area contributed by atoms with Crippen LogP contribution in [0.5, 0.6) is 0 Å². The van der Waals surface area contributed by atoms with Gasteiger partial charge >= 0.3 is 0 Å². The topological polar surface area (TPSA) is 76.4 Å². The molecule has 1 N–H and O–H groups in total. The normalized spacial score (nSPS) is 21.5. The second kappa shape index (κ2) is 4.06. The Morgan fingerprint density at radius 2 is 2.28 bits per heavy atom. The number of sulfone groups is 1. The molecule has 1 atom stereocenters. The van der Waals surface area contributed by atoms with E-state index in [1.165, 1.54) is 5.41 Å². The predicted molar refractivity (Wildman–Crippen MR) is 71.0 cm³/mol. The molecule has 0 spiro atoms. The lowest BCUT2D eigenvalue weighted by Crippen LogP contribution is -2.21. The van der Waals surface area contributed by atoms with Gasteiger partial charge in [-0.25, -0.2) is 12.9 Å². The Morgan fingerprint density at radius 3 is 3.00 bits per heavy atom. The van der Waals surface area contributed by atoms with E-state index in [2.05, 4.69) is 31.3 Å². The van der Waals surface area contributed by atoms with E-state index in [0.29, 0.717) is 11.6 Å². The molecule has 1 aliphatic heterocycles. The van der Waals surface area contributed by atoms with Gasteiger partial charge in [-0.1, -0.05) is 0 Å². The number of nitrogens with one attached hydrogen (secondary N) is 1. The molecular formula is C10H9BrN4O2S. The average molecular weight is 329 g/mol. The fourth-order valence-corrected chi connectivity index (χ4v) is 3.31. The first-order chi connectivity index (χ1) is 8.52. The Morgan fingerprint density at radius 1 is 1.44 bits per heavy atom. The summed E-state index contributed by atoms with van der Waals surface area (Å²) in [5.41, 5.74) is 0.700. The highest BCUT2D eigenvalue weighted by Crippen LogP contribution is 2.15. The number of rotatable bonds is 2. The highest BCUT2D eigenvalue weighted by atomic mass is 79.9. The van der Waals surface area contributed by atoms with Crippen molar-refractivity contribution in [1.82, 2.24) is 14.6 Å². The van der Waals surface area contributed by atoms with Gasteiger partial charge in [0.05, 0.1) is 11.8 Å². The lowest BCUT2D eigenvalue weighted by Gasteiger charge is -2.05. The van der Waals surface area contributed by atoms with Crippen molar-refractivity contribution in [2.45, 2.75) is 6.04 Å². The molecule has 0 aliphatic carbocycles. The first-order valence-electron chi connectivity index (χ1n) is 5.21. The lowest BCUT2D eigenvalue weighted by molar-refractivity contribution is 0.605. The van der Waals surface area contributed by atoms with Gasteiger partial charge in [-0.15, -0.1) is 5.10 Å². The highest BCUT2D eigenvalue weighted by Gasteiger charge is 2.22. The molecule has 0 bridgehead atoms. The van der Waals surface area contributed by atoms with E-state index in [9.17, 15) is 8.42 Å². The fourth-order valence-electron chi connectivity index (χ4n) is 1.75. The molecule has 2 aromatic rings. The van der Waals surface area contributed by atoms with Gasteiger partial charge in [-0.2, -0.15) is 4.98 Å². The molecule has 0 radical (unpaired) electrons. The van der Waals surface area contributed by atoms with E-state index >= 15 is 0 Å². The Kier molecular flexibility index (Phi) is 2.63. The van der Waals surface area contributed by atoms with E-state index in [1.807, 2.05) is 12.1 Å². The number of hydrogen-bond donors (Lipinski definition) is 1. The number of fused-ring (bicyclic) bond motifs is 1. The van der Waals surface area contributed by atoms with Gasteiger partial charge in [-0.3, -0.25) is 0 Å². The van der Waals surface area contributed by atoms with Crippen molar-refractivity contribution in [1.29, 1.82) is 0 Å². The third kappa shape index (κ3) is 2.25. The van der Waals surface area contributed by atoms with Crippen molar-refractivity contribution in [3.63, 3.8) is 0 Å². The van der Waals surface area contributed by atoms with E-state index in [0.717, 1.165) is 4.47 Å². The Bertz CT molecular complexity index is 737. The minimum Gasteiger partial charge on any atom is -0.346 e. The van der Waals surface area contributed by atoms with Crippen molar-refractivity contribution in [3.8, 4) is 0 Å². The monoisotopic (exact) mass is 328 g/mol. The Labute approximate surface area is 112 Å². The molecule has 0 saturated carbocycles. The summed E-state index contributed by atoms with van der Waals surface area (Å²) >= 11 is 3.35. The van der Waals surface area contributed by atoms with Crippen LogP contribution in [0.25, 0.3) is 5.65 Å². The second-order valence-corrected chi connectivity index (χ2v) is 6.84. The van der Waals surface area contributed by atoms with Crippen LogP contribution in [-0.4, -0.2) is 34.8 Å². The summed E-state index contributed by atoms with van der Waals surface area (Å²) in [5, 5.41) is 8.42. The smallest absolute Gasteiger partial charge is 0.243 e. The van der Waals surface area contributed by atoms with Gasteiger partial charge in [0.25, 0.3) is 0 Å². The predicted octanol–water partition coefficient (Wildman–Crippen LogP) is 1.21. The molecule has 18 heavy (non-hydrogen) atoms. The number of nitrogens with zero attached hydrogens (tertiary/aromatic N) is 3. The van der Waals surface area contributed by atoms with E-state index < -0.39 is 9.84 Å². The molecule has 94 valence electrons. The number of halogens is 1. The van der Waals surface area contributed by atoms with Crippen molar-refractivity contribution in [3.05, 3.63) is 34.3 Å². The largest absolute Gasteiger partial charge is 0.346 e. The maximum Gasteiger partial charge on any atom is 0.243 e. The number of hydrogen-bond acceptors (Lipinski definition) is 5. The zero-order valence-electron chi connectivity index (χ0n) is 9.12. The molecule has 1 aliphatic rings. The fraction of sp³-hybridized carbons (Fsp3) is 0.200. The molecule has 0 aromatic carbocycles. The standard InChI is InChI=1S/C10H9BrN4O2S/c11-7-1-2-9-13-10(14-15(9)5-7)12-8-3-4-18(16,17)6-8/h1-5,8H,6H2,(H,12,14). The lowest BCUT2D eigenvalue weighted by atomic mass is 10.3. The maximum absolute atomic E-state index is 11.3. The summed E-state index contributed by atoms with van der Waals surface area (Å²) in [6.07, 6.45) is 3.39. The molecular weight excluding hydrogens is 320 g/mol. The zero-order valence-corrected chi connectivity index (χ0v) is 11.5. The van der Waals surface area contributed by atoms with Gasteiger partial charge in [0.1, 0.15) is 0 Å². The molecule has 0 fully saturated rings.